The van der Waals surface area contributed by atoms with Gasteiger partial charge in [0.1, 0.15) is 17.1 Å². The van der Waals surface area contributed by atoms with Gasteiger partial charge in [0.2, 0.25) is 0 Å². The third-order valence-corrected chi connectivity index (χ3v) is 8.64. The van der Waals surface area contributed by atoms with E-state index in [1.165, 1.54) is 4.90 Å². The second-order valence-electron chi connectivity index (χ2n) is 8.98. The number of carbonyl (C=O) groups is 1. The molecule has 1 amide bonds. The molecule has 0 N–H and O–H groups in total. The molecule has 0 radical (unpaired) electrons. The first-order chi connectivity index (χ1) is 20.6. The van der Waals surface area contributed by atoms with Crippen LogP contribution < -0.4 is 9.42 Å². The predicted molar refractivity (Wildman–Crippen MR) is 169 cm³/mol. The van der Waals surface area contributed by atoms with Crippen molar-refractivity contribution in [2.45, 2.75) is 31.5 Å². The van der Waals surface area contributed by atoms with E-state index in [1.54, 1.807) is 68.6 Å². The standard InChI is InChI=1S/C29H28Cl4N3O6P/c1-3-39-43(38,40-4-2)42-21-12-10-19(11-13-21)7-6-16-36(29(37)28(32)33)20-14-15-34-24(17-20)26-18-25(35-41-26)27-22(30)8-5-9-23(27)31/h5,8-15,17-18,28H,3-4,6-7,16H2,1-2H3. The Morgan fingerprint density at radius 1 is 0.977 bits per heavy atom. The summed E-state index contributed by atoms with van der Waals surface area (Å²) < 4.78 is 34.0. The van der Waals surface area contributed by atoms with E-state index in [1.807, 2.05) is 12.1 Å². The summed E-state index contributed by atoms with van der Waals surface area (Å²) in [6.07, 6.45) is 2.75. The van der Waals surface area contributed by atoms with Crippen LogP contribution in [-0.2, 0) is 24.8 Å². The molecule has 0 atom stereocenters. The van der Waals surface area contributed by atoms with Crippen LogP contribution in [-0.4, -0.2) is 40.6 Å². The summed E-state index contributed by atoms with van der Waals surface area (Å²) in [5.74, 6) is 0.233. The second kappa shape index (κ2) is 15.4. The van der Waals surface area contributed by atoms with Gasteiger partial charge in [-0.15, -0.1) is 0 Å². The maximum atomic E-state index is 13.0. The first kappa shape index (κ1) is 33.3. The quantitative estimate of drug-likeness (QED) is 0.0956. The van der Waals surface area contributed by atoms with E-state index in [2.05, 4.69) is 10.1 Å². The molecular formula is C29H28Cl4N3O6P. The zero-order chi connectivity index (χ0) is 31.0. The van der Waals surface area contributed by atoms with Crippen LogP contribution in [0.1, 0.15) is 25.8 Å². The van der Waals surface area contributed by atoms with E-state index in [0.29, 0.717) is 63.6 Å². The number of alkyl halides is 2. The lowest BCUT2D eigenvalue weighted by Crippen LogP contribution is -2.36. The molecule has 0 bridgehead atoms. The third-order valence-electron chi connectivity index (χ3n) is 6.05. The van der Waals surface area contributed by atoms with Crippen LogP contribution in [0.2, 0.25) is 10.0 Å². The van der Waals surface area contributed by atoms with E-state index in [-0.39, 0.29) is 13.2 Å². The molecule has 228 valence electrons. The van der Waals surface area contributed by atoms with Crippen LogP contribution in [0.25, 0.3) is 22.7 Å². The first-order valence-electron chi connectivity index (χ1n) is 13.3. The van der Waals surface area contributed by atoms with Crippen molar-refractivity contribution >= 4 is 65.8 Å². The van der Waals surface area contributed by atoms with Gasteiger partial charge in [-0.2, -0.15) is 0 Å². The average molecular weight is 687 g/mol. The number of nitrogens with zero attached hydrogens (tertiary/aromatic N) is 3. The summed E-state index contributed by atoms with van der Waals surface area (Å²) in [6.45, 7) is 4.10. The number of hydrogen-bond acceptors (Lipinski definition) is 8. The molecule has 0 aliphatic carbocycles. The average Bonchev–Trinajstić information content (AvgIpc) is 3.46. The van der Waals surface area contributed by atoms with Gasteiger partial charge in [-0.25, -0.2) is 4.57 Å². The highest BCUT2D eigenvalue weighted by Gasteiger charge is 2.27. The number of carbonyl (C=O) groups excluding carboxylic acids is 1. The Morgan fingerprint density at radius 2 is 1.65 bits per heavy atom. The van der Waals surface area contributed by atoms with Crippen molar-refractivity contribution in [1.29, 1.82) is 0 Å². The summed E-state index contributed by atoms with van der Waals surface area (Å²) in [7, 11) is -3.69. The Balaban J connectivity index is 1.47. The van der Waals surface area contributed by atoms with E-state index in [0.717, 1.165) is 5.56 Å². The molecule has 0 aliphatic heterocycles. The molecule has 0 saturated carbocycles. The van der Waals surface area contributed by atoms with Gasteiger partial charge in [-0.1, -0.05) is 69.8 Å². The minimum absolute atomic E-state index is 0.186. The summed E-state index contributed by atoms with van der Waals surface area (Å²) in [5, 5.41) is 4.96. The van der Waals surface area contributed by atoms with Crippen molar-refractivity contribution in [2.24, 2.45) is 0 Å². The smallest absolute Gasteiger partial charge is 0.404 e. The maximum absolute atomic E-state index is 13.0. The van der Waals surface area contributed by atoms with Gasteiger partial charge in [0.25, 0.3) is 5.91 Å². The molecule has 2 aromatic heterocycles. The number of aryl methyl sites for hydroxylation is 1. The van der Waals surface area contributed by atoms with Crippen molar-refractivity contribution in [3.05, 3.63) is 82.5 Å². The maximum Gasteiger partial charge on any atom is 0.530 e. The monoisotopic (exact) mass is 685 g/mol. The largest absolute Gasteiger partial charge is 0.530 e. The fourth-order valence-electron chi connectivity index (χ4n) is 4.16. The van der Waals surface area contributed by atoms with E-state index < -0.39 is 18.6 Å². The minimum Gasteiger partial charge on any atom is -0.404 e. The molecule has 9 nitrogen and oxygen atoms in total. The van der Waals surface area contributed by atoms with Gasteiger partial charge in [0.15, 0.2) is 10.6 Å². The van der Waals surface area contributed by atoms with Crippen LogP contribution in [0.4, 0.5) is 5.69 Å². The van der Waals surface area contributed by atoms with Gasteiger partial charge in [0.05, 0.1) is 23.3 Å². The molecule has 2 aromatic carbocycles. The lowest BCUT2D eigenvalue weighted by atomic mass is 10.1. The molecule has 0 saturated heterocycles. The molecule has 4 aromatic rings. The fourth-order valence-corrected chi connectivity index (χ4v) is 6.18. The second-order valence-corrected chi connectivity index (χ2v) is 12.5. The summed E-state index contributed by atoms with van der Waals surface area (Å²) in [6, 6.07) is 17.3. The molecule has 43 heavy (non-hydrogen) atoms. The molecule has 0 spiro atoms. The molecule has 4 rings (SSSR count). The number of phosphoric acid groups is 1. The normalized spacial score (nSPS) is 11.6. The van der Waals surface area contributed by atoms with Crippen molar-refractivity contribution in [3.8, 4) is 28.5 Å². The first-order valence-corrected chi connectivity index (χ1v) is 16.4. The molecule has 0 fully saturated rings. The number of anilines is 1. The Kier molecular flexibility index (Phi) is 11.9. The summed E-state index contributed by atoms with van der Waals surface area (Å²) >= 11 is 24.6. The van der Waals surface area contributed by atoms with Crippen molar-refractivity contribution in [1.82, 2.24) is 10.1 Å². The SMILES string of the molecule is CCOP(=O)(OCC)Oc1ccc(CCCN(C(=O)C(Cl)Cl)c2ccnc(-c3cc(-c4c(Cl)cccc4Cl)no3)c2)cc1. The fraction of sp³-hybridized carbons (Fsp3) is 0.276. The highest BCUT2D eigenvalue weighted by atomic mass is 35.5. The summed E-state index contributed by atoms with van der Waals surface area (Å²) in [4.78, 5) is 17.6. The zero-order valence-electron chi connectivity index (χ0n) is 23.2. The van der Waals surface area contributed by atoms with Gasteiger partial charge >= 0.3 is 7.82 Å². The van der Waals surface area contributed by atoms with Crippen LogP contribution >= 0.6 is 54.2 Å². The number of halogens is 4. The Labute approximate surface area is 269 Å². The number of pyridine rings is 1. The van der Waals surface area contributed by atoms with Crippen LogP contribution in [0.15, 0.2) is 71.4 Å². The number of rotatable bonds is 14. The molecule has 14 heteroatoms. The summed E-state index contributed by atoms with van der Waals surface area (Å²) in [5.41, 5.74) is 2.92. The Morgan fingerprint density at radius 3 is 2.28 bits per heavy atom. The van der Waals surface area contributed by atoms with Crippen molar-refractivity contribution in [3.63, 3.8) is 0 Å². The number of hydrogen-bond donors (Lipinski definition) is 0. The van der Waals surface area contributed by atoms with Crippen molar-refractivity contribution < 1.29 is 27.5 Å². The number of phosphoric ester groups is 1. The predicted octanol–water partition coefficient (Wildman–Crippen LogP) is 9.04. The number of benzene rings is 2. The van der Waals surface area contributed by atoms with Crippen molar-refractivity contribution in [2.75, 3.05) is 24.7 Å². The van der Waals surface area contributed by atoms with E-state index >= 15 is 0 Å². The lowest BCUT2D eigenvalue weighted by Gasteiger charge is -2.23. The highest BCUT2D eigenvalue weighted by Crippen LogP contribution is 2.49. The lowest BCUT2D eigenvalue weighted by molar-refractivity contribution is -0.117. The molecular weight excluding hydrogens is 659 g/mol. The van der Waals surface area contributed by atoms with Gasteiger partial charge in [-0.05, 0) is 68.7 Å². The molecule has 0 unspecified atom stereocenters. The Bertz CT molecular complexity index is 1550. The Hall–Kier alpha value is -2.62. The zero-order valence-corrected chi connectivity index (χ0v) is 27.1. The van der Waals surface area contributed by atoms with Crippen LogP contribution in [0.5, 0.6) is 5.75 Å². The van der Waals surface area contributed by atoms with Gasteiger partial charge in [-0.3, -0.25) is 18.8 Å². The molecule has 2 heterocycles. The van der Waals surface area contributed by atoms with Gasteiger partial charge < -0.3 is 13.9 Å². The minimum atomic E-state index is -3.69. The highest BCUT2D eigenvalue weighted by molar-refractivity contribution is 7.48. The van der Waals surface area contributed by atoms with Gasteiger partial charge in [0, 0.05) is 30.1 Å². The van der Waals surface area contributed by atoms with Crippen LogP contribution in [0, 0.1) is 0 Å². The van der Waals surface area contributed by atoms with Crippen LogP contribution in [0.3, 0.4) is 0 Å². The molecule has 0 aliphatic rings. The van der Waals surface area contributed by atoms with E-state index in [4.69, 9.17) is 64.5 Å². The topological polar surface area (TPSA) is 104 Å². The van der Waals surface area contributed by atoms with E-state index in [9.17, 15) is 9.36 Å². The number of aromatic nitrogens is 2. The third kappa shape index (κ3) is 8.73. The number of amides is 1.